The van der Waals surface area contributed by atoms with Gasteiger partial charge in [-0.25, -0.2) is 4.79 Å². The van der Waals surface area contributed by atoms with Crippen molar-refractivity contribution in [3.05, 3.63) is 16.5 Å². The van der Waals surface area contributed by atoms with E-state index < -0.39 is 16.2 Å². The fourth-order valence-electron chi connectivity index (χ4n) is 1.33. The van der Waals surface area contributed by atoms with Crippen LogP contribution in [0.1, 0.15) is 28.1 Å². The van der Waals surface area contributed by atoms with E-state index in [1.54, 1.807) is 6.92 Å². The van der Waals surface area contributed by atoms with Gasteiger partial charge in [0.25, 0.3) is 10.2 Å². The summed E-state index contributed by atoms with van der Waals surface area (Å²) in [6, 6.07) is 1.53. The number of anilines is 1. The van der Waals surface area contributed by atoms with Crippen LogP contribution in [-0.4, -0.2) is 25.5 Å². The third-order valence-corrected chi connectivity index (χ3v) is 4.65. The number of aromatic carboxylic acids is 1. The molecule has 0 amide bonds. The Morgan fingerprint density at radius 2 is 2.18 bits per heavy atom. The summed E-state index contributed by atoms with van der Waals surface area (Å²) in [5, 5.41) is 9.16. The fourth-order valence-corrected chi connectivity index (χ4v) is 3.64. The monoisotopic (exact) mass is 276 g/mol. The standard InChI is InChI=1S/C9H12N2O4S2/c1-5-4-7(16-8(5)9(12)13)11-17(14,15)10-6-2-3-6/h4,6,10-11H,2-3H2,1H3,(H,12,13). The smallest absolute Gasteiger partial charge is 0.346 e. The van der Waals surface area contributed by atoms with E-state index >= 15 is 0 Å². The van der Waals surface area contributed by atoms with Gasteiger partial charge in [-0.05, 0) is 31.4 Å². The second-order valence-corrected chi connectivity index (χ2v) is 6.42. The maximum Gasteiger partial charge on any atom is 0.346 e. The van der Waals surface area contributed by atoms with Crippen molar-refractivity contribution >= 4 is 32.5 Å². The summed E-state index contributed by atoms with van der Waals surface area (Å²) in [7, 11) is -3.58. The van der Waals surface area contributed by atoms with Gasteiger partial charge in [-0.15, -0.1) is 11.3 Å². The van der Waals surface area contributed by atoms with Gasteiger partial charge in [0.05, 0.1) is 0 Å². The number of nitrogens with one attached hydrogen (secondary N) is 2. The first kappa shape index (κ1) is 12.3. The molecule has 94 valence electrons. The minimum Gasteiger partial charge on any atom is -0.477 e. The lowest BCUT2D eigenvalue weighted by molar-refractivity contribution is 0.0701. The van der Waals surface area contributed by atoms with Crippen molar-refractivity contribution in [1.29, 1.82) is 0 Å². The molecule has 0 bridgehead atoms. The molecule has 0 aliphatic heterocycles. The number of hydrogen-bond donors (Lipinski definition) is 3. The maximum atomic E-state index is 11.6. The number of rotatable bonds is 5. The Morgan fingerprint density at radius 1 is 1.53 bits per heavy atom. The molecule has 17 heavy (non-hydrogen) atoms. The molecule has 0 spiro atoms. The highest BCUT2D eigenvalue weighted by Gasteiger charge is 2.27. The molecule has 1 heterocycles. The predicted octanol–water partition coefficient (Wildman–Crippen LogP) is 1.16. The number of hydrogen-bond acceptors (Lipinski definition) is 4. The molecule has 2 rings (SSSR count). The van der Waals surface area contributed by atoms with Gasteiger partial charge in [-0.2, -0.15) is 13.1 Å². The van der Waals surface area contributed by atoms with Crippen LogP contribution in [0.3, 0.4) is 0 Å². The second kappa shape index (κ2) is 4.28. The highest BCUT2D eigenvalue weighted by atomic mass is 32.2. The zero-order valence-electron chi connectivity index (χ0n) is 9.06. The molecule has 6 nitrogen and oxygen atoms in total. The summed E-state index contributed by atoms with van der Waals surface area (Å²) in [6.45, 7) is 1.63. The van der Waals surface area contributed by atoms with Gasteiger partial charge in [-0.3, -0.25) is 4.72 Å². The van der Waals surface area contributed by atoms with Gasteiger partial charge >= 0.3 is 5.97 Å². The summed E-state index contributed by atoms with van der Waals surface area (Å²) < 4.78 is 27.9. The minimum absolute atomic E-state index is 0.0208. The van der Waals surface area contributed by atoms with Crippen LogP contribution in [-0.2, 0) is 10.2 Å². The van der Waals surface area contributed by atoms with Crippen LogP contribution in [0, 0.1) is 6.92 Å². The van der Waals surface area contributed by atoms with E-state index in [9.17, 15) is 13.2 Å². The summed E-state index contributed by atoms with van der Waals surface area (Å²) in [5.74, 6) is -1.05. The van der Waals surface area contributed by atoms with Crippen LogP contribution in [0.5, 0.6) is 0 Å². The summed E-state index contributed by atoms with van der Waals surface area (Å²) in [6.07, 6.45) is 1.70. The van der Waals surface area contributed by atoms with Gasteiger partial charge in [0.15, 0.2) is 0 Å². The number of thiophene rings is 1. The van der Waals surface area contributed by atoms with Crippen molar-refractivity contribution < 1.29 is 18.3 Å². The second-order valence-electron chi connectivity index (χ2n) is 3.93. The lowest BCUT2D eigenvalue weighted by Gasteiger charge is -2.05. The Balaban J connectivity index is 2.12. The van der Waals surface area contributed by atoms with Crippen molar-refractivity contribution in [2.75, 3.05) is 4.72 Å². The van der Waals surface area contributed by atoms with E-state index in [4.69, 9.17) is 5.11 Å². The molecule has 1 aromatic heterocycles. The number of carboxylic acids is 1. The number of carbonyl (C=O) groups is 1. The van der Waals surface area contributed by atoms with Crippen LogP contribution < -0.4 is 9.44 Å². The quantitative estimate of drug-likeness (QED) is 0.752. The van der Waals surface area contributed by atoms with Crippen molar-refractivity contribution in [3.8, 4) is 0 Å². The van der Waals surface area contributed by atoms with Crippen LogP contribution >= 0.6 is 11.3 Å². The lowest BCUT2D eigenvalue weighted by atomic mass is 10.3. The Hall–Kier alpha value is -1.12. The number of aryl methyl sites for hydroxylation is 1. The Bertz CT molecular complexity index is 545. The van der Waals surface area contributed by atoms with Crippen LogP contribution in [0.4, 0.5) is 5.00 Å². The van der Waals surface area contributed by atoms with Crippen molar-refractivity contribution in [1.82, 2.24) is 4.72 Å². The average Bonchev–Trinajstić information content (AvgIpc) is 2.88. The summed E-state index contributed by atoms with van der Waals surface area (Å²) in [4.78, 5) is 11.0. The van der Waals surface area contributed by atoms with E-state index in [1.165, 1.54) is 6.07 Å². The highest BCUT2D eigenvalue weighted by molar-refractivity contribution is 7.91. The van der Waals surface area contributed by atoms with E-state index in [0.29, 0.717) is 10.6 Å². The summed E-state index contributed by atoms with van der Waals surface area (Å²) >= 11 is 0.912. The molecular formula is C9H12N2O4S2. The highest BCUT2D eigenvalue weighted by Crippen LogP contribution is 2.28. The molecule has 1 fully saturated rings. The first-order valence-electron chi connectivity index (χ1n) is 5.01. The van der Waals surface area contributed by atoms with Gasteiger partial charge in [-0.1, -0.05) is 0 Å². The van der Waals surface area contributed by atoms with Crippen LogP contribution in [0.2, 0.25) is 0 Å². The molecule has 3 N–H and O–H groups in total. The third kappa shape index (κ3) is 3.18. The topological polar surface area (TPSA) is 95.5 Å². The molecule has 8 heteroatoms. The van der Waals surface area contributed by atoms with Gasteiger partial charge in [0.2, 0.25) is 0 Å². The molecule has 0 atom stereocenters. The number of carboxylic acid groups (broad SMARTS) is 1. The maximum absolute atomic E-state index is 11.6. The molecule has 1 saturated carbocycles. The lowest BCUT2D eigenvalue weighted by Crippen LogP contribution is -2.31. The van der Waals surface area contributed by atoms with E-state index in [1.807, 2.05) is 0 Å². The van der Waals surface area contributed by atoms with Gasteiger partial charge in [0.1, 0.15) is 9.88 Å². The normalized spacial score (nSPS) is 15.8. The zero-order valence-corrected chi connectivity index (χ0v) is 10.7. The van der Waals surface area contributed by atoms with Crippen LogP contribution in [0.25, 0.3) is 0 Å². The Morgan fingerprint density at radius 3 is 2.65 bits per heavy atom. The van der Waals surface area contributed by atoms with E-state index in [2.05, 4.69) is 9.44 Å². The minimum atomic E-state index is -3.58. The molecule has 0 saturated heterocycles. The molecule has 1 aromatic rings. The van der Waals surface area contributed by atoms with E-state index in [-0.39, 0.29) is 10.9 Å². The zero-order chi connectivity index (χ0) is 12.6. The largest absolute Gasteiger partial charge is 0.477 e. The van der Waals surface area contributed by atoms with Gasteiger partial charge in [0, 0.05) is 6.04 Å². The van der Waals surface area contributed by atoms with Gasteiger partial charge < -0.3 is 5.11 Å². The Labute approximate surface area is 103 Å². The Kier molecular flexibility index (Phi) is 3.11. The van der Waals surface area contributed by atoms with Crippen molar-refractivity contribution in [3.63, 3.8) is 0 Å². The fraction of sp³-hybridized carbons (Fsp3) is 0.444. The molecule has 1 aliphatic rings. The molecule has 0 radical (unpaired) electrons. The molecule has 0 unspecified atom stereocenters. The molecular weight excluding hydrogens is 264 g/mol. The first-order chi connectivity index (χ1) is 7.87. The third-order valence-electron chi connectivity index (χ3n) is 2.25. The molecule has 0 aromatic carbocycles. The summed E-state index contributed by atoms with van der Waals surface area (Å²) in [5.41, 5.74) is 0.548. The average molecular weight is 276 g/mol. The molecule has 1 aliphatic carbocycles. The van der Waals surface area contributed by atoms with E-state index in [0.717, 1.165) is 24.2 Å². The van der Waals surface area contributed by atoms with Crippen molar-refractivity contribution in [2.24, 2.45) is 0 Å². The first-order valence-corrected chi connectivity index (χ1v) is 7.31. The SMILES string of the molecule is Cc1cc(NS(=O)(=O)NC2CC2)sc1C(=O)O. The van der Waals surface area contributed by atoms with Crippen LogP contribution in [0.15, 0.2) is 6.07 Å². The van der Waals surface area contributed by atoms with Crippen molar-refractivity contribution in [2.45, 2.75) is 25.8 Å². The predicted molar refractivity (Wildman–Crippen MR) is 64.7 cm³/mol.